The molecule has 0 spiro atoms. The van der Waals surface area contributed by atoms with E-state index >= 15 is 0 Å². The van der Waals surface area contributed by atoms with Gasteiger partial charge in [0.1, 0.15) is 17.7 Å². The van der Waals surface area contributed by atoms with Crippen molar-refractivity contribution in [3.8, 4) is 0 Å². The summed E-state index contributed by atoms with van der Waals surface area (Å²) in [5.41, 5.74) is 1.09. The van der Waals surface area contributed by atoms with Gasteiger partial charge in [0.15, 0.2) is 0 Å². The molecule has 3 aromatic rings. The van der Waals surface area contributed by atoms with Gasteiger partial charge in [0, 0.05) is 17.1 Å². The van der Waals surface area contributed by atoms with Crippen molar-refractivity contribution < 1.29 is 23.2 Å². The summed E-state index contributed by atoms with van der Waals surface area (Å²) in [7, 11) is 0. The molecule has 1 unspecified atom stereocenters. The van der Waals surface area contributed by atoms with E-state index in [1.54, 1.807) is 24.3 Å². The van der Waals surface area contributed by atoms with Crippen molar-refractivity contribution in [3.63, 3.8) is 0 Å². The highest BCUT2D eigenvalue weighted by molar-refractivity contribution is 6.31. The Kier molecular flexibility index (Phi) is 6.01. The van der Waals surface area contributed by atoms with Crippen molar-refractivity contribution in [2.45, 2.75) is 19.0 Å². The second-order valence-corrected chi connectivity index (χ2v) is 7.77. The topological polar surface area (TPSA) is 57.7 Å². The van der Waals surface area contributed by atoms with Gasteiger partial charge in [-0.3, -0.25) is 14.4 Å². The van der Waals surface area contributed by atoms with Crippen LogP contribution in [-0.4, -0.2) is 28.7 Å². The maximum absolute atomic E-state index is 13.3. The zero-order valence-electron chi connectivity index (χ0n) is 16.7. The Morgan fingerprint density at radius 2 is 1.47 bits per heavy atom. The van der Waals surface area contributed by atoms with Crippen LogP contribution in [0, 0.1) is 11.6 Å². The number of rotatable bonds is 5. The summed E-state index contributed by atoms with van der Waals surface area (Å²) >= 11 is 5.90. The highest BCUT2D eigenvalue weighted by Crippen LogP contribution is 2.28. The molecule has 1 saturated heterocycles. The Morgan fingerprint density at radius 1 is 0.906 bits per heavy atom. The third-order valence-electron chi connectivity index (χ3n) is 5.20. The van der Waals surface area contributed by atoms with E-state index in [1.165, 1.54) is 41.3 Å². The van der Waals surface area contributed by atoms with Crippen LogP contribution >= 0.6 is 11.6 Å². The first-order valence-corrected chi connectivity index (χ1v) is 10.1. The molecule has 32 heavy (non-hydrogen) atoms. The Bertz CT molecular complexity index is 1170. The number of nitrogens with zero attached hydrogens (tertiary/aromatic N) is 2. The van der Waals surface area contributed by atoms with Gasteiger partial charge in [0.25, 0.3) is 11.8 Å². The molecule has 5 nitrogen and oxygen atoms in total. The van der Waals surface area contributed by atoms with Crippen LogP contribution in [0.2, 0.25) is 5.02 Å². The smallest absolute Gasteiger partial charge is 0.257 e. The fourth-order valence-electron chi connectivity index (χ4n) is 3.59. The Hall–Kier alpha value is -3.58. The first-order chi connectivity index (χ1) is 15.3. The molecule has 0 aromatic heterocycles. The number of benzene rings is 3. The lowest BCUT2D eigenvalue weighted by Gasteiger charge is -2.28. The first-order valence-electron chi connectivity index (χ1n) is 9.77. The van der Waals surface area contributed by atoms with Crippen molar-refractivity contribution in [2.75, 3.05) is 4.90 Å². The lowest BCUT2D eigenvalue weighted by molar-refractivity contribution is -0.122. The molecule has 162 valence electrons. The van der Waals surface area contributed by atoms with Gasteiger partial charge in [-0.25, -0.2) is 13.7 Å². The van der Waals surface area contributed by atoms with Crippen LogP contribution in [0.5, 0.6) is 0 Å². The maximum atomic E-state index is 13.3. The second-order valence-electron chi connectivity index (χ2n) is 7.33. The van der Waals surface area contributed by atoms with E-state index in [0.717, 1.165) is 17.0 Å². The van der Waals surface area contributed by atoms with E-state index in [1.807, 2.05) is 0 Å². The number of hydrogen-bond donors (Lipinski definition) is 0. The third-order valence-corrected chi connectivity index (χ3v) is 5.45. The fourth-order valence-corrected chi connectivity index (χ4v) is 3.72. The van der Waals surface area contributed by atoms with Crippen LogP contribution in [0.4, 0.5) is 14.5 Å². The average Bonchev–Trinajstić information content (AvgIpc) is 3.08. The molecular weight excluding hydrogens is 438 g/mol. The summed E-state index contributed by atoms with van der Waals surface area (Å²) in [4.78, 5) is 41.5. The van der Waals surface area contributed by atoms with Gasteiger partial charge in [-0.15, -0.1) is 0 Å². The highest BCUT2D eigenvalue weighted by atomic mass is 35.5. The number of anilines is 1. The number of carbonyl (C=O) groups excluding carboxylic acids is 3. The molecule has 8 heteroatoms. The first kappa shape index (κ1) is 21.6. The molecule has 0 bridgehead atoms. The number of imide groups is 1. The second kappa shape index (κ2) is 8.88. The van der Waals surface area contributed by atoms with Gasteiger partial charge >= 0.3 is 0 Å². The van der Waals surface area contributed by atoms with Crippen LogP contribution in [0.1, 0.15) is 22.3 Å². The van der Waals surface area contributed by atoms with E-state index in [4.69, 9.17) is 11.6 Å². The van der Waals surface area contributed by atoms with Crippen LogP contribution in [0.25, 0.3) is 0 Å². The Balaban J connectivity index is 1.68. The molecule has 1 atom stereocenters. The molecule has 0 N–H and O–H groups in total. The molecule has 4 rings (SSSR count). The lowest BCUT2D eigenvalue weighted by atomic mass is 10.1. The predicted octanol–water partition coefficient (Wildman–Crippen LogP) is 4.59. The Labute approximate surface area is 187 Å². The van der Waals surface area contributed by atoms with E-state index < -0.39 is 35.4 Å². The molecule has 1 aliphatic heterocycles. The summed E-state index contributed by atoms with van der Waals surface area (Å²) < 4.78 is 26.7. The lowest BCUT2D eigenvalue weighted by Crippen LogP contribution is -2.45. The van der Waals surface area contributed by atoms with Gasteiger partial charge in [-0.05, 0) is 66.2 Å². The monoisotopic (exact) mass is 454 g/mol. The van der Waals surface area contributed by atoms with Crippen molar-refractivity contribution in [3.05, 3.63) is 101 Å². The quantitative estimate of drug-likeness (QED) is 0.530. The van der Waals surface area contributed by atoms with E-state index in [2.05, 4.69) is 0 Å². The van der Waals surface area contributed by atoms with Crippen molar-refractivity contribution in [2.24, 2.45) is 0 Å². The van der Waals surface area contributed by atoms with Crippen molar-refractivity contribution in [1.82, 2.24) is 4.90 Å². The number of carbonyl (C=O) groups is 3. The fraction of sp³-hybridized carbons (Fsp3) is 0.125. The van der Waals surface area contributed by atoms with Gasteiger partial charge in [-0.1, -0.05) is 23.7 Å². The number of amides is 3. The summed E-state index contributed by atoms with van der Waals surface area (Å²) in [6.45, 7) is -0.0331. The average molecular weight is 455 g/mol. The van der Waals surface area contributed by atoms with Gasteiger partial charge in [-0.2, -0.15) is 0 Å². The number of hydrogen-bond acceptors (Lipinski definition) is 3. The molecule has 0 saturated carbocycles. The third kappa shape index (κ3) is 4.38. The van der Waals surface area contributed by atoms with Gasteiger partial charge in [0.2, 0.25) is 5.91 Å². The molecule has 0 radical (unpaired) electrons. The summed E-state index contributed by atoms with van der Waals surface area (Å²) in [6, 6.07) is 15.6. The Morgan fingerprint density at radius 3 is 2.06 bits per heavy atom. The largest absolute Gasteiger partial charge is 0.322 e. The standard InChI is InChI=1S/C24H17ClF2N2O3/c25-17-5-11-20(12-6-17)29-22(30)13-21(24(29)32)28(14-15-1-7-18(26)8-2-15)23(31)16-3-9-19(27)10-4-16/h1-12,21H,13-14H2. The molecule has 1 heterocycles. The van der Waals surface area contributed by atoms with E-state index in [9.17, 15) is 23.2 Å². The van der Waals surface area contributed by atoms with Crippen molar-refractivity contribution >= 4 is 35.0 Å². The number of halogens is 3. The van der Waals surface area contributed by atoms with Crippen LogP contribution in [0.15, 0.2) is 72.8 Å². The molecule has 1 fully saturated rings. The van der Waals surface area contributed by atoms with Gasteiger partial charge in [0.05, 0.1) is 12.1 Å². The normalized spacial score (nSPS) is 15.8. The molecule has 1 aliphatic rings. The van der Waals surface area contributed by atoms with Crippen LogP contribution in [-0.2, 0) is 16.1 Å². The SMILES string of the molecule is O=C1CC(N(Cc2ccc(F)cc2)C(=O)c2ccc(F)cc2)C(=O)N1c1ccc(Cl)cc1. The summed E-state index contributed by atoms with van der Waals surface area (Å²) in [6.07, 6.45) is -0.213. The molecule has 0 aliphatic carbocycles. The van der Waals surface area contributed by atoms with Crippen molar-refractivity contribution in [1.29, 1.82) is 0 Å². The highest BCUT2D eigenvalue weighted by Gasteiger charge is 2.44. The summed E-state index contributed by atoms with van der Waals surface area (Å²) in [5.74, 6) is -2.51. The zero-order chi connectivity index (χ0) is 22.8. The van der Waals surface area contributed by atoms with Gasteiger partial charge < -0.3 is 4.90 Å². The minimum Gasteiger partial charge on any atom is -0.322 e. The predicted molar refractivity (Wildman–Crippen MR) is 115 cm³/mol. The van der Waals surface area contributed by atoms with Crippen LogP contribution < -0.4 is 4.90 Å². The van der Waals surface area contributed by atoms with E-state index in [0.29, 0.717) is 16.3 Å². The zero-order valence-corrected chi connectivity index (χ0v) is 17.4. The minimum atomic E-state index is -1.07. The van der Waals surface area contributed by atoms with E-state index in [-0.39, 0.29) is 18.5 Å². The molecular formula is C24H17ClF2N2O3. The summed E-state index contributed by atoms with van der Waals surface area (Å²) in [5, 5.41) is 0.453. The molecule has 3 aromatic carbocycles. The maximum Gasteiger partial charge on any atom is 0.257 e. The molecule has 3 amide bonds. The van der Waals surface area contributed by atoms with Crippen LogP contribution in [0.3, 0.4) is 0 Å². The minimum absolute atomic E-state index is 0.0331.